The zero-order chi connectivity index (χ0) is 55.3. The van der Waals surface area contributed by atoms with Crippen molar-refractivity contribution in [1.82, 2.24) is 0 Å². The number of rotatable bonds is 3. The van der Waals surface area contributed by atoms with E-state index in [4.69, 9.17) is 27.7 Å². The molecule has 0 saturated carbocycles. The molecule has 0 bridgehead atoms. The van der Waals surface area contributed by atoms with Crippen LogP contribution in [-0.2, 0) is 0 Å². The minimum absolute atomic E-state index is 0.345. The standard InChI is InChI=1S/C46H28O/c1-3-16-34-29(11-1)13-10-22-36(34)45-39-20-7-5-18-37(39)44(38-19-6-8-21-40(38)45)33-15-9-14-31(27-33)32-23-25-41-43(28-32)47-42-26-24-30-12-2-4-17-35(30)46(41)42/h1-28H/i1D,2D,3D,4D,5D,6D,7D,8D,9D,10D,11D,12D,13D,14D,15D,16D,17D,18D,19D,20D,21D,22D,23D,24D,25D,26D,27D,28D. The molecule has 1 heterocycles. The third kappa shape index (κ3) is 3.97. The highest BCUT2D eigenvalue weighted by Gasteiger charge is 2.18. The minimum Gasteiger partial charge on any atom is -0.456 e. The van der Waals surface area contributed by atoms with Gasteiger partial charge in [-0.2, -0.15) is 0 Å². The molecule has 1 aromatic heterocycles. The van der Waals surface area contributed by atoms with E-state index < -0.39 is 257 Å². The number of hydrogen-bond donors (Lipinski definition) is 0. The molecule has 10 aromatic rings. The maximum Gasteiger partial charge on any atom is 0.136 e. The average molecular weight is 625 g/mol. The molecular formula is C46H28O. The molecular weight excluding hydrogens is 569 g/mol. The number of fused-ring (bicyclic) bond motifs is 8. The Morgan fingerprint density at radius 2 is 0.894 bits per heavy atom. The van der Waals surface area contributed by atoms with Crippen molar-refractivity contribution in [2.75, 3.05) is 0 Å². The fourth-order valence-corrected chi connectivity index (χ4v) is 5.79. The molecule has 0 radical (unpaired) electrons. The lowest BCUT2D eigenvalue weighted by Crippen LogP contribution is -1.92. The van der Waals surface area contributed by atoms with Gasteiger partial charge in [0, 0.05) is 10.8 Å². The van der Waals surface area contributed by atoms with Gasteiger partial charge in [-0.1, -0.05) is 145 Å². The normalized spacial score (nSPS) is 20.2. The quantitative estimate of drug-likeness (QED) is 0.178. The number of hydrogen-bond acceptors (Lipinski definition) is 1. The van der Waals surface area contributed by atoms with Gasteiger partial charge in [-0.3, -0.25) is 0 Å². The van der Waals surface area contributed by atoms with Crippen molar-refractivity contribution in [3.05, 3.63) is 169 Å². The van der Waals surface area contributed by atoms with E-state index in [0.717, 1.165) is 0 Å². The zero-order valence-corrected chi connectivity index (χ0v) is 23.4. The van der Waals surface area contributed by atoms with Crippen molar-refractivity contribution in [1.29, 1.82) is 0 Å². The van der Waals surface area contributed by atoms with Crippen molar-refractivity contribution in [3.8, 4) is 33.4 Å². The van der Waals surface area contributed by atoms with Gasteiger partial charge in [0.05, 0.1) is 38.4 Å². The van der Waals surface area contributed by atoms with Crippen molar-refractivity contribution in [2.24, 2.45) is 0 Å². The van der Waals surface area contributed by atoms with Gasteiger partial charge < -0.3 is 4.42 Å². The van der Waals surface area contributed by atoms with Crippen LogP contribution in [0.2, 0.25) is 0 Å². The summed E-state index contributed by atoms with van der Waals surface area (Å²) in [6.45, 7) is 0. The summed E-state index contributed by atoms with van der Waals surface area (Å²) >= 11 is 0. The summed E-state index contributed by atoms with van der Waals surface area (Å²) in [5.74, 6) is 0. The predicted molar refractivity (Wildman–Crippen MR) is 200 cm³/mol. The van der Waals surface area contributed by atoms with E-state index in [9.17, 15) is 15.1 Å². The van der Waals surface area contributed by atoms with E-state index in [0.29, 0.717) is 0 Å². The summed E-state index contributed by atoms with van der Waals surface area (Å²) in [6, 6.07) is -25.9. The van der Waals surface area contributed by atoms with Crippen LogP contribution in [-0.4, -0.2) is 0 Å². The summed E-state index contributed by atoms with van der Waals surface area (Å²) in [5.41, 5.74) is -6.00. The molecule has 0 unspecified atom stereocenters. The second kappa shape index (κ2) is 10.2. The second-order valence-corrected chi connectivity index (χ2v) is 10.3. The van der Waals surface area contributed by atoms with E-state index in [1.54, 1.807) is 0 Å². The summed E-state index contributed by atoms with van der Waals surface area (Å²) < 4.78 is 258. The van der Waals surface area contributed by atoms with E-state index in [1.807, 2.05) is 0 Å². The molecule has 0 atom stereocenters. The smallest absolute Gasteiger partial charge is 0.136 e. The minimum atomic E-state index is -1.09. The highest BCUT2D eigenvalue weighted by Crippen LogP contribution is 2.46. The maximum absolute atomic E-state index is 9.88. The van der Waals surface area contributed by atoms with Crippen LogP contribution in [0.4, 0.5) is 0 Å². The Labute approximate surface area is 311 Å². The van der Waals surface area contributed by atoms with Crippen molar-refractivity contribution in [2.45, 2.75) is 0 Å². The SMILES string of the molecule is [2H]c1c([2H])c(-c2c([2H])c([2H])c3c(oc4c([2H])c([2H])c5c([2H])c([2H])c([2H])c([2H])c5c43)c2[2H])c([2H])c(-c2c3c([2H])c([2H])c([2H])c([2H])c3c(-c3c([2H])c([2H])c([2H])c4c([2H])c([2H])c([2H])c([2H])c34)c3c([2H])c([2H])c([2H])c([2H])c23)c1[2H]. The molecule has 0 aliphatic heterocycles. The summed E-state index contributed by atoms with van der Waals surface area (Å²) in [4.78, 5) is 0. The highest BCUT2D eigenvalue weighted by molar-refractivity contribution is 6.24. The first-order chi connectivity index (χ1) is 35.0. The lowest BCUT2D eigenvalue weighted by atomic mass is 9.84. The Balaban J connectivity index is 1.46. The van der Waals surface area contributed by atoms with Crippen LogP contribution >= 0.6 is 0 Å². The fraction of sp³-hybridized carbons (Fsp3) is 0. The van der Waals surface area contributed by atoms with Gasteiger partial charge in [0.1, 0.15) is 11.2 Å². The topological polar surface area (TPSA) is 13.1 Å². The fourth-order valence-electron chi connectivity index (χ4n) is 5.79. The first kappa shape index (κ1) is 10.7. The Hall–Kier alpha value is -6.18. The summed E-state index contributed by atoms with van der Waals surface area (Å²) in [7, 11) is 0. The molecule has 47 heavy (non-hydrogen) atoms. The zero-order valence-electron chi connectivity index (χ0n) is 51.4. The van der Waals surface area contributed by atoms with E-state index in [1.165, 1.54) is 0 Å². The number of benzene rings is 9. The van der Waals surface area contributed by atoms with Gasteiger partial charge in [0.25, 0.3) is 0 Å². The van der Waals surface area contributed by atoms with Crippen molar-refractivity contribution < 1.29 is 42.8 Å². The Kier molecular flexibility index (Phi) is 2.31. The second-order valence-electron chi connectivity index (χ2n) is 10.3. The molecule has 1 heteroatoms. The lowest BCUT2D eigenvalue weighted by molar-refractivity contribution is 0.669. The lowest BCUT2D eigenvalue weighted by Gasteiger charge is -2.19. The van der Waals surface area contributed by atoms with Crippen molar-refractivity contribution in [3.63, 3.8) is 0 Å². The number of furan rings is 1. The molecule has 0 N–H and O–H groups in total. The first-order valence-corrected chi connectivity index (χ1v) is 13.9. The largest absolute Gasteiger partial charge is 0.456 e. The molecule has 218 valence electrons. The van der Waals surface area contributed by atoms with Gasteiger partial charge in [-0.25, -0.2) is 0 Å². The maximum atomic E-state index is 9.88. The highest BCUT2D eigenvalue weighted by atomic mass is 16.3. The van der Waals surface area contributed by atoms with Crippen LogP contribution in [0.1, 0.15) is 38.4 Å². The van der Waals surface area contributed by atoms with Crippen LogP contribution < -0.4 is 0 Å². The Bertz CT molecular complexity index is 4350. The van der Waals surface area contributed by atoms with Gasteiger partial charge in [0.15, 0.2) is 0 Å². The van der Waals surface area contributed by atoms with E-state index >= 15 is 0 Å². The van der Waals surface area contributed by atoms with Gasteiger partial charge >= 0.3 is 0 Å². The van der Waals surface area contributed by atoms with Crippen LogP contribution in [0.15, 0.2) is 174 Å². The van der Waals surface area contributed by atoms with Gasteiger partial charge in [-0.05, 0) is 101 Å². The van der Waals surface area contributed by atoms with Gasteiger partial charge in [-0.15, -0.1) is 0 Å². The molecule has 0 spiro atoms. The third-order valence-electron chi connectivity index (χ3n) is 7.76. The van der Waals surface area contributed by atoms with E-state index in [2.05, 4.69) is 0 Å². The summed E-state index contributed by atoms with van der Waals surface area (Å²) in [5, 5.41) is -5.95. The monoisotopic (exact) mass is 624 g/mol. The Morgan fingerprint density at radius 1 is 0.340 bits per heavy atom. The molecule has 0 aliphatic rings. The van der Waals surface area contributed by atoms with Crippen LogP contribution in [0.3, 0.4) is 0 Å². The van der Waals surface area contributed by atoms with E-state index in [-0.39, 0.29) is 10.8 Å². The van der Waals surface area contributed by atoms with Crippen LogP contribution in [0, 0.1) is 0 Å². The van der Waals surface area contributed by atoms with Crippen LogP contribution in [0.5, 0.6) is 0 Å². The molecule has 0 amide bonds. The first-order valence-electron chi connectivity index (χ1n) is 27.9. The molecule has 9 aromatic carbocycles. The molecule has 1 nitrogen and oxygen atoms in total. The molecule has 0 aliphatic carbocycles. The molecule has 10 rings (SSSR count). The predicted octanol–water partition coefficient (Wildman–Crippen LogP) is 13.2. The van der Waals surface area contributed by atoms with Crippen molar-refractivity contribution >= 4 is 65.0 Å². The average Bonchev–Trinajstić information content (AvgIpc) is 3.79. The van der Waals surface area contributed by atoms with Crippen LogP contribution in [0.25, 0.3) is 98.4 Å². The third-order valence-corrected chi connectivity index (χ3v) is 7.76. The molecule has 0 fully saturated rings. The summed E-state index contributed by atoms with van der Waals surface area (Å²) in [6.07, 6.45) is 0. The Morgan fingerprint density at radius 3 is 1.64 bits per heavy atom. The van der Waals surface area contributed by atoms with Gasteiger partial charge in [0.2, 0.25) is 0 Å². The molecule has 0 saturated heterocycles.